The SMILES string of the molecule is CC[C@@H](C)N(Cc1cccc(OS(=O)(=O)CC)c1)C(=O)Nc1cc(OC)cc(OC)c1. The second-order valence-corrected chi connectivity index (χ2v) is 8.85. The highest BCUT2D eigenvalue weighted by Crippen LogP contribution is 2.26. The molecule has 0 aliphatic heterocycles. The molecule has 31 heavy (non-hydrogen) atoms. The maximum Gasteiger partial charge on any atom is 0.322 e. The smallest absolute Gasteiger partial charge is 0.322 e. The van der Waals surface area contributed by atoms with Crippen molar-refractivity contribution in [3.05, 3.63) is 48.0 Å². The quantitative estimate of drug-likeness (QED) is 0.544. The summed E-state index contributed by atoms with van der Waals surface area (Å²) in [6.07, 6.45) is 0.745. The van der Waals surface area contributed by atoms with Gasteiger partial charge in [-0.1, -0.05) is 19.1 Å². The third-order valence-corrected chi connectivity index (χ3v) is 5.97. The summed E-state index contributed by atoms with van der Waals surface area (Å²) < 4.78 is 39.1. The van der Waals surface area contributed by atoms with Gasteiger partial charge in [-0.25, -0.2) is 4.79 Å². The van der Waals surface area contributed by atoms with Crippen molar-refractivity contribution in [2.75, 3.05) is 25.3 Å². The van der Waals surface area contributed by atoms with Gasteiger partial charge in [-0.3, -0.25) is 0 Å². The summed E-state index contributed by atoms with van der Waals surface area (Å²) in [6, 6.07) is 11.5. The summed E-state index contributed by atoms with van der Waals surface area (Å²) >= 11 is 0. The molecule has 9 heteroatoms. The first kappa shape index (κ1) is 24.3. The van der Waals surface area contributed by atoms with Crippen molar-refractivity contribution < 1.29 is 26.9 Å². The molecule has 0 aromatic heterocycles. The number of benzene rings is 2. The fraction of sp³-hybridized carbons (Fsp3) is 0.409. The van der Waals surface area contributed by atoms with Crippen LogP contribution in [0.25, 0.3) is 0 Å². The lowest BCUT2D eigenvalue weighted by atomic mass is 10.1. The van der Waals surface area contributed by atoms with E-state index in [-0.39, 0.29) is 30.1 Å². The zero-order valence-electron chi connectivity index (χ0n) is 18.5. The highest BCUT2D eigenvalue weighted by Gasteiger charge is 2.20. The van der Waals surface area contributed by atoms with Gasteiger partial charge < -0.3 is 23.9 Å². The standard InChI is InChI=1S/C22H30N2O6S/c1-6-16(3)24(15-17-9-8-10-19(11-17)30-31(26,27)7-2)22(25)23-18-12-20(28-4)14-21(13-18)29-5/h8-14,16H,6-7,15H2,1-5H3,(H,23,25)/t16-/m1/s1. The molecule has 8 nitrogen and oxygen atoms in total. The molecule has 0 saturated carbocycles. The van der Waals surface area contributed by atoms with Crippen LogP contribution >= 0.6 is 0 Å². The third kappa shape index (κ3) is 7.06. The van der Waals surface area contributed by atoms with Crippen LogP contribution in [0.4, 0.5) is 10.5 Å². The molecule has 0 spiro atoms. The van der Waals surface area contributed by atoms with Crippen LogP contribution in [0, 0.1) is 0 Å². The normalized spacial score (nSPS) is 12.0. The molecular weight excluding hydrogens is 420 g/mol. The van der Waals surface area contributed by atoms with E-state index in [4.69, 9.17) is 13.7 Å². The fourth-order valence-electron chi connectivity index (χ4n) is 2.82. The first-order valence-electron chi connectivity index (χ1n) is 10.0. The number of carbonyl (C=O) groups excluding carboxylic acids is 1. The lowest BCUT2D eigenvalue weighted by Gasteiger charge is -2.29. The maximum atomic E-state index is 13.1. The van der Waals surface area contributed by atoms with Crippen LogP contribution < -0.4 is 19.0 Å². The Balaban J connectivity index is 2.24. The molecule has 0 fully saturated rings. The second-order valence-electron chi connectivity index (χ2n) is 6.99. The van der Waals surface area contributed by atoms with Crippen LogP contribution in [-0.2, 0) is 16.7 Å². The molecule has 0 saturated heterocycles. The van der Waals surface area contributed by atoms with Gasteiger partial charge in [0.2, 0.25) is 0 Å². The van der Waals surface area contributed by atoms with E-state index >= 15 is 0 Å². The van der Waals surface area contributed by atoms with E-state index in [0.29, 0.717) is 17.2 Å². The minimum atomic E-state index is -3.63. The predicted octanol–water partition coefficient (Wildman–Crippen LogP) is 4.26. The minimum Gasteiger partial charge on any atom is -0.497 e. The summed E-state index contributed by atoms with van der Waals surface area (Å²) in [7, 11) is -0.543. The van der Waals surface area contributed by atoms with Crippen LogP contribution in [0.15, 0.2) is 42.5 Å². The summed E-state index contributed by atoms with van der Waals surface area (Å²) in [5, 5.41) is 2.89. The molecule has 2 aromatic carbocycles. The van der Waals surface area contributed by atoms with Gasteiger partial charge >= 0.3 is 16.1 Å². The largest absolute Gasteiger partial charge is 0.497 e. The zero-order valence-corrected chi connectivity index (χ0v) is 19.4. The van der Waals surface area contributed by atoms with Crippen LogP contribution in [0.1, 0.15) is 32.8 Å². The molecule has 0 radical (unpaired) electrons. The topological polar surface area (TPSA) is 94.2 Å². The summed E-state index contributed by atoms with van der Waals surface area (Å²) in [5.41, 5.74) is 1.29. The second kappa shape index (κ2) is 10.9. The van der Waals surface area contributed by atoms with Crippen molar-refractivity contribution in [1.82, 2.24) is 4.90 Å². The number of methoxy groups -OCH3 is 2. The minimum absolute atomic E-state index is 0.0588. The van der Waals surface area contributed by atoms with Crippen molar-refractivity contribution in [3.63, 3.8) is 0 Å². The molecule has 2 amide bonds. The molecule has 2 aromatic rings. The van der Waals surface area contributed by atoms with Crippen molar-refractivity contribution in [3.8, 4) is 17.2 Å². The Bertz CT molecular complexity index is 971. The van der Waals surface area contributed by atoms with Crippen molar-refractivity contribution in [2.45, 2.75) is 39.8 Å². The molecule has 0 bridgehead atoms. The number of nitrogens with zero attached hydrogens (tertiary/aromatic N) is 1. The van der Waals surface area contributed by atoms with E-state index < -0.39 is 10.1 Å². The Morgan fingerprint density at radius 3 is 2.23 bits per heavy atom. The molecular formula is C22H30N2O6S. The number of anilines is 1. The van der Waals surface area contributed by atoms with Gasteiger partial charge in [-0.15, -0.1) is 0 Å². The van der Waals surface area contributed by atoms with Gasteiger partial charge in [-0.05, 0) is 38.0 Å². The van der Waals surface area contributed by atoms with E-state index in [0.717, 1.165) is 12.0 Å². The average molecular weight is 451 g/mol. The molecule has 1 atom stereocenters. The number of hydrogen-bond donors (Lipinski definition) is 1. The van der Waals surface area contributed by atoms with Gasteiger partial charge in [0.1, 0.15) is 17.2 Å². The van der Waals surface area contributed by atoms with Crippen molar-refractivity contribution in [2.24, 2.45) is 0 Å². The molecule has 170 valence electrons. The molecule has 0 unspecified atom stereocenters. The summed E-state index contributed by atoms with van der Waals surface area (Å²) in [4.78, 5) is 14.8. The Morgan fingerprint density at radius 2 is 1.68 bits per heavy atom. The Kier molecular flexibility index (Phi) is 8.56. The van der Waals surface area contributed by atoms with Gasteiger partial charge in [0.05, 0.1) is 20.0 Å². The molecule has 1 N–H and O–H groups in total. The zero-order chi connectivity index (χ0) is 23.0. The van der Waals surface area contributed by atoms with E-state index in [2.05, 4.69) is 5.32 Å². The number of carbonyl (C=O) groups is 1. The number of amides is 2. The van der Waals surface area contributed by atoms with Gasteiger partial charge in [0, 0.05) is 36.5 Å². The first-order valence-corrected chi connectivity index (χ1v) is 11.6. The number of hydrogen-bond acceptors (Lipinski definition) is 6. The average Bonchev–Trinajstić information content (AvgIpc) is 2.76. The summed E-state index contributed by atoms with van der Waals surface area (Å²) in [6.45, 7) is 5.74. The molecule has 2 rings (SSSR count). The van der Waals surface area contributed by atoms with E-state index in [1.807, 2.05) is 19.9 Å². The Morgan fingerprint density at radius 1 is 1.03 bits per heavy atom. The maximum absolute atomic E-state index is 13.1. The number of ether oxygens (including phenoxy) is 2. The van der Waals surface area contributed by atoms with E-state index in [1.165, 1.54) is 6.92 Å². The first-order chi connectivity index (χ1) is 14.7. The van der Waals surface area contributed by atoms with E-state index in [1.54, 1.807) is 55.5 Å². The van der Waals surface area contributed by atoms with Gasteiger partial charge in [-0.2, -0.15) is 8.42 Å². The Hall–Kier alpha value is -2.94. The fourth-order valence-corrected chi connectivity index (χ4v) is 3.34. The van der Waals surface area contributed by atoms with Crippen molar-refractivity contribution >= 4 is 21.8 Å². The highest BCUT2D eigenvalue weighted by molar-refractivity contribution is 7.87. The highest BCUT2D eigenvalue weighted by atomic mass is 32.2. The molecule has 0 heterocycles. The van der Waals surface area contributed by atoms with Crippen LogP contribution in [0.3, 0.4) is 0 Å². The monoisotopic (exact) mass is 450 g/mol. The predicted molar refractivity (Wildman–Crippen MR) is 120 cm³/mol. The van der Waals surface area contributed by atoms with E-state index in [9.17, 15) is 13.2 Å². The number of rotatable bonds is 10. The van der Waals surface area contributed by atoms with Crippen molar-refractivity contribution in [1.29, 1.82) is 0 Å². The molecule has 0 aliphatic rings. The summed E-state index contributed by atoms with van der Waals surface area (Å²) in [5.74, 6) is 1.22. The van der Waals surface area contributed by atoms with Gasteiger partial charge in [0.25, 0.3) is 0 Å². The lowest BCUT2D eigenvalue weighted by molar-refractivity contribution is 0.187. The van der Waals surface area contributed by atoms with Gasteiger partial charge in [0.15, 0.2) is 0 Å². The lowest BCUT2D eigenvalue weighted by Crippen LogP contribution is -2.40. The van der Waals surface area contributed by atoms with Crippen LogP contribution in [-0.4, -0.2) is 45.4 Å². The van der Waals surface area contributed by atoms with Crippen LogP contribution in [0.2, 0.25) is 0 Å². The Labute approximate surface area is 184 Å². The third-order valence-electron chi connectivity index (χ3n) is 4.81. The van der Waals surface area contributed by atoms with Crippen LogP contribution in [0.5, 0.6) is 17.2 Å². The molecule has 0 aliphatic carbocycles. The number of urea groups is 1. The number of nitrogens with one attached hydrogen (secondary N) is 1.